The molecule has 0 atom stereocenters. The van der Waals surface area contributed by atoms with Crippen LogP contribution in [-0.4, -0.2) is 21.6 Å². The number of benzene rings is 2. The monoisotopic (exact) mass is 415 g/mol. The molecular formula is C19H15Cl2N5O2. The Kier molecular flexibility index (Phi) is 4.49. The molecule has 0 fully saturated rings. The molecule has 9 heteroatoms. The first-order chi connectivity index (χ1) is 13.3. The SMILES string of the molecule is Cn1ncc2c1Nc1cc(Cl)ccc1N(C(=O)c1ccc(C(N)=O)cc1Cl)C2. The number of nitrogens with one attached hydrogen (secondary N) is 1. The number of carbonyl (C=O) groups is 2. The highest BCUT2D eigenvalue weighted by Gasteiger charge is 2.28. The Hall–Kier alpha value is -3.03. The number of hydrogen-bond acceptors (Lipinski definition) is 4. The van der Waals surface area contributed by atoms with Crippen molar-refractivity contribution >= 4 is 52.2 Å². The van der Waals surface area contributed by atoms with Crippen LogP contribution in [0.2, 0.25) is 10.0 Å². The molecule has 2 heterocycles. The molecule has 1 aliphatic heterocycles. The molecular weight excluding hydrogens is 401 g/mol. The van der Waals surface area contributed by atoms with Crippen molar-refractivity contribution in [3.63, 3.8) is 0 Å². The molecule has 0 unspecified atom stereocenters. The van der Waals surface area contributed by atoms with E-state index in [1.807, 2.05) is 7.05 Å². The number of amides is 2. The summed E-state index contributed by atoms with van der Waals surface area (Å²) in [5.74, 6) is -0.156. The van der Waals surface area contributed by atoms with Gasteiger partial charge >= 0.3 is 0 Å². The summed E-state index contributed by atoms with van der Waals surface area (Å²) in [6.45, 7) is 0.289. The lowest BCUT2D eigenvalue weighted by atomic mass is 10.1. The van der Waals surface area contributed by atoms with Gasteiger partial charge in [0.1, 0.15) is 5.82 Å². The molecule has 0 bridgehead atoms. The number of aryl methyl sites for hydroxylation is 1. The normalized spacial score (nSPS) is 12.6. The number of rotatable bonds is 2. The Balaban J connectivity index is 1.82. The van der Waals surface area contributed by atoms with Gasteiger partial charge in [-0.15, -0.1) is 0 Å². The third kappa shape index (κ3) is 3.08. The topological polar surface area (TPSA) is 93.2 Å². The standard InChI is InChI=1S/C19H15Cl2N5O2/c1-25-18-11(8-23-25)9-26(16-5-3-12(20)7-15(16)24-18)19(28)13-4-2-10(17(22)27)6-14(13)21/h2-8,24H,9H2,1H3,(H2,22,27). The predicted octanol–water partition coefficient (Wildman–Crippen LogP) is 3.73. The Morgan fingerprint density at radius 2 is 1.96 bits per heavy atom. The summed E-state index contributed by atoms with van der Waals surface area (Å²) in [5, 5.41) is 8.24. The highest BCUT2D eigenvalue weighted by Crippen LogP contribution is 2.38. The molecule has 28 heavy (non-hydrogen) atoms. The predicted molar refractivity (Wildman–Crippen MR) is 108 cm³/mol. The molecule has 7 nitrogen and oxygen atoms in total. The maximum Gasteiger partial charge on any atom is 0.260 e. The minimum absolute atomic E-state index is 0.153. The fourth-order valence-electron chi connectivity index (χ4n) is 3.16. The Morgan fingerprint density at radius 1 is 1.18 bits per heavy atom. The van der Waals surface area contributed by atoms with Crippen LogP contribution in [-0.2, 0) is 13.6 Å². The lowest BCUT2D eigenvalue weighted by Crippen LogP contribution is -2.30. The van der Waals surface area contributed by atoms with Gasteiger partial charge < -0.3 is 16.0 Å². The number of primary amides is 1. The zero-order valence-electron chi connectivity index (χ0n) is 14.7. The Morgan fingerprint density at radius 3 is 2.68 bits per heavy atom. The Bertz CT molecular complexity index is 1130. The van der Waals surface area contributed by atoms with Crippen molar-refractivity contribution in [2.75, 3.05) is 10.2 Å². The van der Waals surface area contributed by atoms with Crippen molar-refractivity contribution in [1.82, 2.24) is 9.78 Å². The third-order valence-corrected chi connectivity index (χ3v) is 5.12. The third-order valence-electron chi connectivity index (χ3n) is 4.57. The molecule has 2 amide bonds. The van der Waals surface area contributed by atoms with Crippen molar-refractivity contribution in [1.29, 1.82) is 0 Å². The number of carbonyl (C=O) groups excluding carboxylic acids is 2. The fraction of sp³-hybridized carbons (Fsp3) is 0.105. The first-order valence-electron chi connectivity index (χ1n) is 8.34. The number of nitrogens with two attached hydrogens (primary N) is 1. The minimum Gasteiger partial charge on any atom is -0.366 e. The van der Waals surface area contributed by atoms with Gasteiger partial charge in [-0.2, -0.15) is 5.10 Å². The van der Waals surface area contributed by atoms with Gasteiger partial charge in [-0.25, -0.2) is 0 Å². The van der Waals surface area contributed by atoms with Crippen LogP contribution in [0.4, 0.5) is 17.2 Å². The number of fused-ring (bicyclic) bond motifs is 2. The summed E-state index contributed by atoms with van der Waals surface area (Å²) in [6.07, 6.45) is 1.70. The lowest BCUT2D eigenvalue weighted by molar-refractivity contribution is 0.0979. The molecule has 3 N–H and O–H groups in total. The van der Waals surface area contributed by atoms with Crippen LogP contribution < -0.4 is 16.0 Å². The molecule has 0 radical (unpaired) electrons. The van der Waals surface area contributed by atoms with E-state index < -0.39 is 5.91 Å². The molecule has 1 aliphatic rings. The van der Waals surface area contributed by atoms with Crippen LogP contribution in [0.3, 0.4) is 0 Å². The van der Waals surface area contributed by atoms with Gasteiger partial charge in [0.25, 0.3) is 5.91 Å². The van der Waals surface area contributed by atoms with Gasteiger partial charge in [-0.05, 0) is 36.4 Å². The Labute approximate surface area is 170 Å². The highest BCUT2D eigenvalue weighted by atomic mass is 35.5. The van der Waals surface area contributed by atoms with Crippen molar-refractivity contribution < 1.29 is 9.59 Å². The van der Waals surface area contributed by atoms with Crippen molar-refractivity contribution in [3.05, 3.63) is 69.3 Å². The number of aromatic nitrogens is 2. The van der Waals surface area contributed by atoms with E-state index >= 15 is 0 Å². The highest BCUT2D eigenvalue weighted by molar-refractivity contribution is 6.35. The van der Waals surface area contributed by atoms with Gasteiger partial charge in [0.05, 0.1) is 34.7 Å². The average molecular weight is 416 g/mol. The molecule has 4 rings (SSSR count). The molecule has 1 aromatic heterocycles. The van der Waals surface area contributed by atoms with Crippen molar-refractivity contribution in [2.45, 2.75) is 6.54 Å². The summed E-state index contributed by atoms with van der Waals surface area (Å²) in [5.41, 5.74) is 7.95. The summed E-state index contributed by atoms with van der Waals surface area (Å²) >= 11 is 12.4. The second-order valence-electron chi connectivity index (χ2n) is 6.38. The van der Waals surface area contributed by atoms with Crippen LogP contribution in [0.15, 0.2) is 42.6 Å². The molecule has 0 spiro atoms. The van der Waals surface area contributed by atoms with E-state index in [-0.39, 0.29) is 28.6 Å². The first-order valence-corrected chi connectivity index (χ1v) is 9.09. The van der Waals surface area contributed by atoms with Gasteiger partial charge in [0, 0.05) is 23.2 Å². The van der Waals surface area contributed by atoms with E-state index in [1.165, 1.54) is 18.2 Å². The summed E-state index contributed by atoms with van der Waals surface area (Å²) in [4.78, 5) is 26.3. The van der Waals surface area contributed by atoms with Crippen LogP contribution in [0.25, 0.3) is 0 Å². The van der Waals surface area contributed by atoms with Crippen molar-refractivity contribution in [2.24, 2.45) is 12.8 Å². The maximum absolute atomic E-state index is 13.4. The molecule has 0 saturated carbocycles. The van der Waals surface area contributed by atoms with Crippen LogP contribution in [0.1, 0.15) is 26.3 Å². The van der Waals surface area contributed by atoms with Gasteiger partial charge in [-0.3, -0.25) is 14.3 Å². The van der Waals surface area contributed by atoms with E-state index in [9.17, 15) is 9.59 Å². The van der Waals surface area contributed by atoms with E-state index in [2.05, 4.69) is 10.4 Å². The number of nitrogens with zero attached hydrogens (tertiary/aromatic N) is 3. The number of halogens is 2. The molecule has 3 aromatic rings. The van der Waals surface area contributed by atoms with Crippen LogP contribution in [0, 0.1) is 0 Å². The van der Waals surface area contributed by atoms with E-state index in [0.717, 1.165) is 11.4 Å². The van der Waals surface area contributed by atoms with Gasteiger partial charge in [0.15, 0.2) is 0 Å². The molecule has 2 aromatic carbocycles. The lowest BCUT2D eigenvalue weighted by Gasteiger charge is -2.23. The number of anilines is 3. The minimum atomic E-state index is -0.611. The van der Waals surface area contributed by atoms with E-state index in [1.54, 1.807) is 34.0 Å². The largest absolute Gasteiger partial charge is 0.366 e. The van der Waals surface area contributed by atoms with Gasteiger partial charge in [-0.1, -0.05) is 23.2 Å². The zero-order chi connectivity index (χ0) is 20.0. The molecule has 0 saturated heterocycles. The quantitative estimate of drug-likeness (QED) is 0.666. The summed E-state index contributed by atoms with van der Waals surface area (Å²) in [7, 11) is 1.81. The zero-order valence-corrected chi connectivity index (χ0v) is 16.3. The molecule has 142 valence electrons. The maximum atomic E-state index is 13.4. The second-order valence-corrected chi connectivity index (χ2v) is 7.22. The molecule has 0 aliphatic carbocycles. The van der Waals surface area contributed by atoms with Crippen LogP contribution >= 0.6 is 23.2 Å². The van der Waals surface area contributed by atoms with Gasteiger partial charge in [0.2, 0.25) is 5.91 Å². The summed E-state index contributed by atoms with van der Waals surface area (Å²) in [6, 6.07) is 9.61. The fourth-order valence-corrected chi connectivity index (χ4v) is 3.59. The van der Waals surface area contributed by atoms with E-state index in [4.69, 9.17) is 28.9 Å². The van der Waals surface area contributed by atoms with E-state index in [0.29, 0.717) is 16.4 Å². The first kappa shape index (κ1) is 18.3. The second kappa shape index (κ2) is 6.85. The van der Waals surface area contributed by atoms with Crippen molar-refractivity contribution in [3.8, 4) is 0 Å². The number of hydrogen-bond donors (Lipinski definition) is 2. The smallest absolute Gasteiger partial charge is 0.260 e. The van der Waals surface area contributed by atoms with Crippen LogP contribution in [0.5, 0.6) is 0 Å². The summed E-state index contributed by atoms with van der Waals surface area (Å²) < 4.78 is 1.70. The average Bonchev–Trinajstić information content (AvgIpc) is 2.90.